The van der Waals surface area contributed by atoms with E-state index in [1.807, 2.05) is 18.2 Å². The van der Waals surface area contributed by atoms with Crippen molar-refractivity contribution in [1.82, 2.24) is 0 Å². The summed E-state index contributed by atoms with van der Waals surface area (Å²) in [6.07, 6.45) is 0. The van der Waals surface area contributed by atoms with Gasteiger partial charge in [0.05, 0.1) is 0 Å². The van der Waals surface area contributed by atoms with Crippen LogP contribution < -0.4 is 11.5 Å². The van der Waals surface area contributed by atoms with E-state index in [0.29, 0.717) is 12.1 Å². The highest BCUT2D eigenvalue weighted by Gasteiger charge is 2.03. The lowest BCUT2D eigenvalue weighted by Crippen LogP contribution is -2.16. The molecule has 0 unspecified atom stereocenters. The quantitative estimate of drug-likeness (QED) is 0.254. The van der Waals surface area contributed by atoms with Gasteiger partial charge in [-0.1, -0.05) is 29.4 Å². The monoisotopic (exact) mass is 165 g/mol. The first kappa shape index (κ1) is 8.55. The third-order valence-electron chi connectivity index (χ3n) is 1.62. The fourth-order valence-corrected chi connectivity index (χ4v) is 1.00. The molecule has 0 aliphatic rings. The van der Waals surface area contributed by atoms with Gasteiger partial charge in [-0.15, -0.1) is 0 Å². The Balaban J connectivity index is 3.13. The summed E-state index contributed by atoms with van der Waals surface area (Å²) in [5, 5.41) is 11.3. The molecule has 0 spiro atoms. The number of oxime groups is 1. The summed E-state index contributed by atoms with van der Waals surface area (Å²) in [6, 6.07) is 7.27. The second-order valence-corrected chi connectivity index (χ2v) is 2.35. The molecule has 1 rings (SSSR count). The van der Waals surface area contributed by atoms with Crippen molar-refractivity contribution in [1.29, 1.82) is 0 Å². The van der Waals surface area contributed by atoms with E-state index >= 15 is 0 Å². The maximum atomic E-state index is 8.43. The molecule has 0 saturated heterocycles. The maximum Gasteiger partial charge on any atom is 0.170 e. The Kier molecular flexibility index (Phi) is 2.66. The van der Waals surface area contributed by atoms with Crippen LogP contribution in [0.2, 0.25) is 0 Å². The van der Waals surface area contributed by atoms with Crippen molar-refractivity contribution in [2.24, 2.45) is 16.6 Å². The van der Waals surface area contributed by atoms with Gasteiger partial charge in [-0.05, 0) is 5.56 Å². The standard InChI is InChI=1S/C8H11N3O/c9-5-6-3-1-2-4-7(6)8(10)11-12/h1-4,12H,5,9H2,(H2,10,11). The first-order valence-electron chi connectivity index (χ1n) is 3.55. The van der Waals surface area contributed by atoms with Crippen LogP contribution in [0.3, 0.4) is 0 Å². The Morgan fingerprint density at radius 3 is 2.67 bits per heavy atom. The van der Waals surface area contributed by atoms with Gasteiger partial charge in [-0.3, -0.25) is 0 Å². The summed E-state index contributed by atoms with van der Waals surface area (Å²) in [4.78, 5) is 0. The van der Waals surface area contributed by atoms with Crippen LogP contribution in [0.5, 0.6) is 0 Å². The highest BCUT2D eigenvalue weighted by Crippen LogP contribution is 2.06. The third-order valence-corrected chi connectivity index (χ3v) is 1.62. The van der Waals surface area contributed by atoms with Gasteiger partial charge in [0.2, 0.25) is 0 Å². The molecule has 5 N–H and O–H groups in total. The topological polar surface area (TPSA) is 84.6 Å². The Morgan fingerprint density at radius 2 is 2.08 bits per heavy atom. The predicted molar refractivity (Wildman–Crippen MR) is 46.8 cm³/mol. The summed E-state index contributed by atoms with van der Waals surface area (Å²) >= 11 is 0. The van der Waals surface area contributed by atoms with Gasteiger partial charge in [-0.25, -0.2) is 0 Å². The molecule has 0 heterocycles. The van der Waals surface area contributed by atoms with Gasteiger partial charge < -0.3 is 16.7 Å². The lowest BCUT2D eigenvalue weighted by atomic mass is 10.1. The van der Waals surface area contributed by atoms with Gasteiger partial charge >= 0.3 is 0 Å². The lowest BCUT2D eigenvalue weighted by Gasteiger charge is -2.04. The van der Waals surface area contributed by atoms with Gasteiger partial charge in [0.25, 0.3) is 0 Å². The van der Waals surface area contributed by atoms with Crippen molar-refractivity contribution in [2.45, 2.75) is 6.54 Å². The van der Waals surface area contributed by atoms with Crippen molar-refractivity contribution in [3.63, 3.8) is 0 Å². The number of nitrogens with zero attached hydrogens (tertiary/aromatic N) is 1. The summed E-state index contributed by atoms with van der Waals surface area (Å²) in [5.74, 6) is 0.0936. The lowest BCUT2D eigenvalue weighted by molar-refractivity contribution is 0.318. The first-order chi connectivity index (χ1) is 5.79. The zero-order valence-electron chi connectivity index (χ0n) is 6.57. The molecule has 0 radical (unpaired) electrons. The van der Waals surface area contributed by atoms with Crippen LogP contribution in [0.4, 0.5) is 0 Å². The van der Waals surface area contributed by atoms with E-state index in [2.05, 4.69) is 5.16 Å². The second kappa shape index (κ2) is 3.73. The van der Waals surface area contributed by atoms with Crippen LogP contribution >= 0.6 is 0 Å². The van der Waals surface area contributed by atoms with Crippen LogP contribution in [-0.2, 0) is 6.54 Å². The van der Waals surface area contributed by atoms with E-state index < -0.39 is 0 Å². The van der Waals surface area contributed by atoms with E-state index in [1.54, 1.807) is 6.07 Å². The molecule has 0 fully saturated rings. The molecule has 0 aliphatic heterocycles. The van der Waals surface area contributed by atoms with Crippen molar-refractivity contribution in [2.75, 3.05) is 0 Å². The molecule has 4 heteroatoms. The van der Waals surface area contributed by atoms with E-state index in [-0.39, 0.29) is 5.84 Å². The van der Waals surface area contributed by atoms with Crippen molar-refractivity contribution in [3.8, 4) is 0 Å². The zero-order chi connectivity index (χ0) is 8.97. The third kappa shape index (κ3) is 1.54. The molecule has 0 saturated carbocycles. The highest BCUT2D eigenvalue weighted by atomic mass is 16.4. The van der Waals surface area contributed by atoms with Crippen molar-refractivity contribution < 1.29 is 5.21 Å². The zero-order valence-corrected chi connectivity index (χ0v) is 6.57. The molecule has 64 valence electrons. The van der Waals surface area contributed by atoms with Crippen LogP contribution in [0.1, 0.15) is 11.1 Å². The molecule has 0 aromatic heterocycles. The van der Waals surface area contributed by atoms with Crippen LogP contribution in [0.15, 0.2) is 29.4 Å². The normalized spacial score (nSPS) is 11.6. The summed E-state index contributed by atoms with van der Waals surface area (Å²) in [6.45, 7) is 0.381. The Hall–Kier alpha value is -1.55. The summed E-state index contributed by atoms with van der Waals surface area (Å²) in [5.41, 5.74) is 12.4. The van der Waals surface area contributed by atoms with Gasteiger partial charge in [0, 0.05) is 12.1 Å². The fourth-order valence-electron chi connectivity index (χ4n) is 1.00. The van der Waals surface area contributed by atoms with E-state index in [1.165, 1.54) is 0 Å². The number of benzene rings is 1. The Bertz CT molecular complexity index is 296. The highest BCUT2D eigenvalue weighted by molar-refractivity contribution is 5.98. The van der Waals surface area contributed by atoms with Crippen molar-refractivity contribution >= 4 is 5.84 Å². The molecule has 0 amide bonds. The number of hydrogen-bond donors (Lipinski definition) is 3. The average molecular weight is 165 g/mol. The molecule has 1 aromatic rings. The molecule has 12 heavy (non-hydrogen) atoms. The molecule has 4 nitrogen and oxygen atoms in total. The second-order valence-electron chi connectivity index (χ2n) is 2.35. The predicted octanol–water partition coefficient (Wildman–Crippen LogP) is 0.240. The largest absolute Gasteiger partial charge is 0.409 e. The first-order valence-corrected chi connectivity index (χ1v) is 3.55. The van der Waals surface area contributed by atoms with Crippen LogP contribution in [-0.4, -0.2) is 11.0 Å². The number of hydrogen-bond acceptors (Lipinski definition) is 3. The van der Waals surface area contributed by atoms with Crippen molar-refractivity contribution in [3.05, 3.63) is 35.4 Å². The molecule has 1 aromatic carbocycles. The summed E-state index contributed by atoms with van der Waals surface area (Å²) in [7, 11) is 0. The Labute approximate surface area is 70.5 Å². The number of nitrogens with two attached hydrogens (primary N) is 2. The van der Waals surface area contributed by atoms with E-state index in [4.69, 9.17) is 16.7 Å². The smallest absolute Gasteiger partial charge is 0.170 e. The average Bonchev–Trinajstić information content (AvgIpc) is 2.16. The van der Waals surface area contributed by atoms with Gasteiger partial charge in [0.1, 0.15) is 0 Å². The molecule has 0 aliphatic carbocycles. The minimum atomic E-state index is 0.0936. The molecular weight excluding hydrogens is 154 g/mol. The summed E-state index contributed by atoms with van der Waals surface area (Å²) < 4.78 is 0. The van der Waals surface area contributed by atoms with Gasteiger partial charge in [0.15, 0.2) is 5.84 Å². The number of amidine groups is 1. The molecular formula is C8H11N3O. The minimum Gasteiger partial charge on any atom is -0.409 e. The molecule has 0 bridgehead atoms. The van der Waals surface area contributed by atoms with E-state index in [0.717, 1.165) is 5.56 Å². The van der Waals surface area contributed by atoms with Crippen LogP contribution in [0, 0.1) is 0 Å². The maximum absolute atomic E-state index is 8.43. The number of rotatable bonds is 2. The molecule has 0 atom stereocenters. The van der Waals surface area contributed by atoms with Gasteiger partial charge in [-0.2, -0.15) is 0 Å². The SMILES string of the molecule is NCc1ccccc1/C(N)=N/O. The minimum absolute atomic E-state index is 0.0936. The fraction of sp³-hybridized carbons (Fsp3) is 0.125. The Morgan fingerprint density at radius 1 is 1.42 bits per heavy atom. The van der Waals surface area contributed by atoms with Crippen LogP contribution in [0.25, 0.3) is 0 Å². The van der Waals surface area contributed by atoms with E-state index in [9.17, 15) is 0 Å².